The Morgan fingerprint density at radius 2 is 1.89 bits per heavy atom. The van der Waals surface area contributed by atoms with E-state index in [-0.39, 0.29) is 28.3 Å². The average Bonchev–Trinajstić information content (AvgIpc) is 2.65. The molecule has 0 saturated heterocycles. The predicted octanol–water partition coefficient (Wildman–Crippen LogP) is 1.78. The van der Waals surface area contributed by atoms with E-state index < -0.39 is 29.0 Å². The second kappa shape index (κ2) is 7.58. The zero-order valence-corrected chi connectivity index (χ0v) is 14.1. The molecule has 10 nitrogen and oxygen atoms in total. The minimum atomic E-state index is -0.918. The lowest BCUT2D eigenvalue weighted by atomic mass is 10.2. The molecular formula is C18H12N2O8. The van der Waals surface area contributed by atoms with Crippen LogP contribution in [-0.2, 0) is 4.79 Å². The van der Waals surface area contributed by atoms with Gasteiger partial charge in [0.2, 0.25) is 0 Å². The number of esters is 1. The average molecular weight is 384 g/mol. The third-order valence-electron chi connectivity index (χ3n) is 3.61. The van der Waals surface area contributed by atoms with E-state index in [1.807, 2.05) is 0 Å². The van der Waals surface area contributed by atoms with Gasteiger partial charge < -0.3 is 19.6 Å². The van der Waals surface area contributed by atoms with Crippen molar-refractivity contribution in [1.82, 2.24) is 0 Å². The Kier molecular flexibility index (Phi) is 5.03. The summed E-state index contributed by atoms with van der Waals surface area (Å²) in [6.07, 6.45) is 0. The number of nitro benzene ring substituents is 1. The first-order valence-corrected chi connectivity index (χ1v) is 7.80. The lowest BCUT2D eigenvalue weighted by Crippen LogP contribution is -2.20. The number of amides is 1. The second-order valence-corrected chi connectivity index (χ2v) is 5.50. The molecule has 0 aliphatic heterocycles. The monoisotopic (exact) mass is 384 g/mol. The first-order valence-electron chi connectivity index (χ1n) is 7.80. The van der Waals surface area contributed by atoms with Gasteiger partial charge in [-0.15, -0.1) is 0 Å². The highest BCUT2D eigenvalue weighted by atomic mass is 16.6. The number of primary amides is 1. The molecule has 3 aromatic rings. The third-order valence-corrected chi connectivity index (χ3v) is 3.61. The number of para-hydroxylation sites is 2. The molecule has 0 unspecified atom stereocenters. The quantitative estimate of drug-likeness (QED) is 0.222. The number of carbonyl (C=O) groups is 2. The Balaban J connectivity index is 1.73. The molecule has 0 fully saturated rings. The van der Waals surface area contributed by atoms with Crippen molar-refractivity contribution >= 4 is 28.5 Å². The molecule has 0 atom stereocenters. The molecule has 0 aliphatic carbocycles. The summed E-state index contributed by atoms with van der Waals surface area (Å²) >= 11 is 0. The maximum absolute atomic E-state index is 11.9. The van der Waals surface area contributed by atoms with E-state index in [1.165, 1.54) is 48.5 Å². The van der Waals surface area contributed by atoms with Crippen LogP contribution in [0.1, 0.15) is 10.4 Å². The van der Waals surface area contributed by atoms with E-state index in [2.05, 4.69) is 0 Å². The van der Waals surface area contributed by atoms with Crippen molar-refractivity contribution in [1.29, 1.82) is 0 Å². The summed E-state index contributed by atoms with van der Waals surface area (Å²) in [5.41, 5.74) is 3.68. The van der Waals surface area contributed by atoms with Gasteiger partial charge in [-0.25, -0.2) is 9.59 Å². The molecule has 0 radical (unpaired) electrons. The number of benzene rings is 2. The fourth-order valence-electron chi connectivity index (χ4n) is 2.35. The molecule has 0 aliphatic rings. The molecule has 28 heavy (non-hydrogen) atoms. The number of rotatable bonds is 6. The number of hydrogen-bond donors (Lipinski definition) is 1. The van der Waals surface area contributed by atoms with Gasteiger partial charge in [-0.1, -0.05) is 12.1 Å². The number of fused-ring (bicyclic) bond motifs is 1. The highest BCUT2D eigenvalue weighted by Crippen LogP contribution is 2.26. The summed E-state index contributed by atoms with van der Waals surface area (Å²) in [5.74, 6) is -1.77. The van der Waals surface area contributed by atoms with Crippen molar-refractivity contribution in [2.24, 2.45) is 5.73 Å². The molecule has 0 bridgehead atoms. The number of ether oxygens (including phenoxy) is 2. The Morgan fingerprint density at radius 1 is 1.14 bits per heavy atom. The summed E-state index contributed by atoms with van der Waals surface area (Å²) in [5, 5.41) is 11.3. The number of carbonyl (C=O) groups excluding carboxylic acids is 2. The summed E-state index contributed by atoms with van der Waals surface area (Å²) in [4.78, 5) is 45.1. The van der Waals surface area contributed by atoms with E-state index in [4.69, 9.17) is 19.6 Å². The van der Waals surface area contributed by atoms with Gasteiger partial charge in [-0.3, -0.25) is 14.9 Å². The minimum Gasteiger partial charge on any atom is -0.475 e. The van der Waals surface area contributed by atoms with Gasteiger partial charge in [-0.2, -0.15) is 0 Å². The molecule has 1 amide bonds. The van der Waals surface area contributed by atoms with Crippen molar-refractivity contribution in [2.45, 2.75) is 0 Å². The number of nitro groups is 1. The highest BCUT2D eigenvalue weighted by molar-refractivity contribution is 5.95. The van der Waals surface area contributed by atoms with Gasteiger partial charge in [-0.05, 0) is 24.3 Å². The van der Waals surface area contributed by atoms with Gasteiger partial charge in [0.25, 0.3) is 5.91 Å². The molecule has 1 aromatic heterocycles. The zero-order chi connectivity index (χ0) is 20.3. The van der Waals surface area contributed by atoms with Gasteiger partial charge in [0.15, 0.2) is 12.4 Å². The van der Waals surface area contributed by atoms with Crippen LogP contribution in [0.25, 0.3) is 11.0 Å². The van der Waals surface area contributed by atoms with E-state index >= 15 is 0 Å². The molecule has 0 spiro atoms. The highest BCUT2D eigenvalue weighted by Gasteiger charge is 2.16. The summed E-state index contributed by atoms with van der Waals surface area (Å²) < 4.78 is 15.2. The number of nitrogens with two attached hydrogens (primary N) is 1. The van der Waals surface area contributed by atoms with Gasteiger partial charge in [0, 0.05) is 17.5 Å². The van der Waals surface area contributed by atoms with Crippen LogP contribution in [0, 0.1) is 10.1 Å². The Morgan fingerprint density at radius 3 is 2.61 bits per heavy atom. The van der Waals surface area contributed by atoms with Gasteiger partial charge in [0.05, 0.1) is 4.92 Å². The summed E-state index contributed by atoms with van der Waals surface area (Å²) in [7, 11) is 0. The normalized spacial score (nSPS) is 10.4. The zero-order valence-electron chi connectivity index (χ0n) is 14.1. The number of nitrogens with zero attached hydrogens (tertiary/aromatic N) is 1. The minimum absolute atomic E-state index is 0.0543. The van der Waals surface area contributed by atoms with Crippen LogP contribution in [0.5, 0.6) is 11.5 Å². The van der Waals surface area contributed by atoms with E-state index in [9.17, 15) is 24.5 Å². The first kappa shape index (κ1) is 18.6. The molecule has 1 heterocycles. The molecule has 3 rings (SSSR count). The summed E-state index contributed by atoms with van der Waals surface area (Å²) in [6.45, 7) is -0.576. The van der Waals surface area contributed by atoms with Crippen LogP contribution >= 0.6 is 0 Å². The van der Waals surface area contributed by atoms with Crippen LogP contribution in [-0.4, -0.2) is 23.4 Å². The lowest BCUT2D eigenvalue weighted by molar-refractivity contribution is -0.385. The lowest BCUT2D eigenvalue weighted by Gasteiger charge is -2.07. The second-order valence-electron chi connectivity index (χ2n) is 5.50. The van der Waals surface area contributed by atoms with Crippen LogP contribution in [0.2, 0.25) is 0 Å². The van der Waals surface area contributed by atoms with E-state index in [1.54, 1.807) is 0 Å². The molecule has 2 aromatic carbocycles. The maximum Gasteiger partial charge on any atom is 0.349 e. The molecule has 2 N–H and O–H groups in total. The van der Waals surface area contributed by atoms with Crippen LogP contribution < -0.4 is 20.8 Å². The first-order chi connectivity index (χ1) is 13.3. The Hall–Kier alpha value is -4.21. The molecule has 142 valence electrons. The standard InChI is InChI=1S/C18H12N2O8/c19-17(22)12-7-10-5-6-11(8-15(10)28-18(12)23)27-16(21)9-26-14-4-2-1-3-13(14)20(24)25/h1-8H,9H2,(H2,19,22). The predicted molar refractivity (Wildman–Crippen MR) is 95.2 cm³/mol. The van der Waals surface area contributed by atoms with Crippen LogP contribution in [0.4, 0.5) is 5.69 Å². The molecular weight excluding hydrogens is 372 g/mol. The van der Waals surface area contributed by atoms with Crippen molar-refractivity contribution in [2.75, 3.05) is 6.61 Å². The largest absolute Gasteiger partial charge is 0.475 e. The van der Waals surface area contributed by atoms with Crippen molar-refractivity contribution in [3.8, 4) is 11.5 Å². The fraction of sp³-hybridized carbons (Fsp3) is 0.0556. The molecule has 0 saturated carbocycles. The van der Waals surface area contributed by atoms with Crippen molar-refractivity contribution in [3.05, 3.63) is 74.6 Å². The van der Waals surface area contributed by atoms with E-state index in [0.717, 1.165) is 0 Å². The maximum atomic E-state index is 11.9. The van der Waals surface area contributed by atoms with E-state index in [0.29, 0.717) is 5.39 Å². The van der Waals surface area contributed by atoms with Gasteiger partial charge in [0.1, 0.15) is 16.9 Å². The fourth-order valence-corrected chi connectivity index (χ4v) is 2.35. The van der Waals surface area contributed by atoms with Crippen LogP contribution in [0.15, 0.2) is 57.7 Å². The molecule has 10 heteroatoms. The SMILES string of the molecule is NC(=O)c1cc2ccc(OC(=O)COc3ccccc3[N+](=O)[O-])cc2oc1=O. The van der Waals surface area contributed by atoms with Crippen molar-refractivity contribution < 1.29 is 28.4 Å². The third kappa shape index (κ3) is 3.96. The topological polar surface area (TPSA) is 152 Å². The smallest absolute Gasteiger partial charge is 0.349 e. The Bertz CT molecular complexity index is 1150. The number of hydrogen-bond acceptors (Lipinski definition) is 8. The van der Waals surface area contributed by atoms with Gasteiger partial charge >= 0.3 is 17.3 Å². The Labute approximate surface area is 156 Å². The summed E-state index contributed by atoms with van der Waals surface area (Å²) in [6, 6.07) is 11.0. The van der Waals surface area contributed by atoms with Crippen molar-refractivity contribution in [3.63, 3.8) is 0 Å². The van der Waals surface area contributed by atoms with Crippen LogP contribution in [0.3, 0.4) is 0 Å².